The van der Waals surface area contributed by atoms with Gasteiger partial charge in [0.2, 0.25) is 0 Å². The second-order valence-corrected chi connectivity index (χ2v) is 5.06. The summed E-state index contributed by atoms with van der Waals surface area (Å²) in [6.45, 7) is 4.31. The maximum atomic E-state index is 6.16. The first kappa shape index (κ1) is 11.3. The fraction of sp³-hybridized carbons (Fsp3) is 0.400. The van der Waals surface area contributed by atoms with Crippen molar-refractivity contribution in [1.29, 1.82) is 0 Å². The highest BCUT2D eigenvalue weighted by Crippen LogP contribution is 2.36. The van der Waals surface area contributed by atoms with Crippen molar-refractivity contribution >= 4 is 22.3 Å². The maximum Gasteiger partial charge on any atom is 0.0745 e. The Hall–Kier alpha value is -1.77. The molecule has 2 N–H and O–H groups in total. The molecule has 2 aromatic rings. The predicted molar refractivity (Wildman–Crippen MR) is 76.8 cm³/mol. The lowest BCUT2D eigenvalue weighted by molar-refractivity contribution is 0.745. The van der Waals surface area contributed by atoms with Crippen LogP contribution in [0.2, 0.25) is 0 Å². The van der Waals surface area contributed by atoms with Crippen molar-refractivity contribution < 1.29 is 0 Å². The van der Waals surface area contributed by atoms with Gasteiger partial charge < -0.3 is 10.6 Å². The van der Waals surface area contributed by atoms with Crippen molar-refractivity contribution in [3.05, 3.63) is 30.5 Å². The van der Waals surface area contributed by atoms with Crippen LogP contribution in [-0.4, -0.2) is 18.1 Å². The molecule has 0 saturated heterocycles. The van der Waals surface area contributed by atoms with E-state index in [-0.39, 0.29) is 0 Å². The minimum absolute atomic E-state index is 0.788. The van der Waals surface area contributed by atoms with E-state index in [1.165, 1.54) is 18.2 Å². The van der Waals surface area contributed by atoms with Crippen molar-refractivity contribution in [2.45, 2.75) is 19.8 Å². The first-order chi connectivity index (χ1) is 8.79. The number of fused-ring (bicyclic) bond motifs is 1. The van der Waals surface area contributed by atoms with Crippen LogP contribution in [-0.2, 0) is 0 Å². The number of hydrogen-bond acceptors (Lipinski definition) is 3. The maximum absolute atomic E-state index is 6.16. The van der Waals surface area contributed by atoms with Gasteiger partial charge in [0.1, 0.15) is 0 Å². The molecule has 1 saturated carbocycles. The van der Waals surface area contributed by atoms with E-state index in [9.17, 15) is 0 Å². The number of aromatic nitrogens is 1. The molecule has 1 aliphatic rings. The number of pyridine rings is 1. The molecule has 3 rings (SSSR count). The topological polar surface area (TPSA) is 42.1 Å². The average molecular weight is 241 g/mol. The average Bonchev–Trinajstić information content (AvgIpc) is 3.20. The third kappa shape index (κ3) is 2.01. The summed E-state index contributed by atoms with van der Waals surface area (Å²) in [4.78, 5) is 6.80. The second-order valence-electron chi connectivity index (χ2n) is 5.06. The third-order valence-corrected chi connectivity index (χ3v) is 3.65. The van der Waals surface area contributed by atoms with Gasteiger partial charge in [-0.3, -0.25) is 4.98 Å². The smallest absolute Gasteiger partial charge is 0.0745 e. The summed E-state index contributed by atoms with van der Waals surface area (Å²) < 4.78 is 0. The zero-order chi connectivity index (χ0) is 12.5. The lowest BCUT2D eigenvalue weighted by Crippen LogP contribution is -2.26. The molecule has 0 radical (unpaired) electrons. The first-order valence-electron chi connectivity index (χ1n) is 6.67. The molecular weight excluding hydrogens is 222 g/mol. The quantitative estimate of drug-likeness (QED) is 0.894. The molecule has 0 unspecified atom stereocenters. The van der Waals surface area contributed by atoms with Crippen LogP contribution in [0.1, 0.15) is 19.8 Å². The molecule has 0 atom stereocenters. The summed E-state index contributed by atoms with van der Waals surface area (Å²) >= 11 is 0. The van der Waals surface area contributed by atoms with E-state index < -0.39 is 0 Å². The molecule has 0 amide bonds. The van der Waals surface area contributed by atoms with Crippen molar-refractivity contribution in [3.63, 3.8) is 0 Å². The van der Waals surface area contributed by atoms with Gasteiger partial charge in [-0.15, -0.1) is 0 Å². The van der Waals surface area contributed by atoms with Crippen LogP contribution >= 0.6 is 0 Å². The predicted octanol–water partition coefficient (Wildman–Crippen LogP) is 3.05. The molecule has 1 aromatic carbocycles. The Kier molecular flexibility index (Phi) is 2.82. The molecule has 1 fully saturated rings. The van der Waals surface area contributed by atoms with E-state index in [0.29, 0.717) is 0 Å². The van der Waals surface area contributed by atoms with Gasteiger partial charge in [-0.25, -0.2) is 0 Å². The van der Waals surface area contributed by atoms with Crippen LogP contribution in [0, 0.1) is 5.92 Å². The Bertz CT molecular complexity index is 561. The number of hydrogen-bond donors (Lipinski definition) is 1. The molecule has 18 heavy (non-hydrogen) atoms. The fourth-order valence-electron chi connectivity index (χ4n) is 2.49. The van der Waals surface area contributed by atoms with Crippen molar-refractivity contribution in [1.82, 2.24) is 4.98 Å². The number of rotatable bonds is 4. The lowest BCUT2D eigenvalue weighted by atomic mass is 10.1. The summed E-state index contributed by atoms with van der Waals surface area (Å²) in [7, 11) is 0. The number of anilines is 2. The van der Waals surface area contributed by atoms with E-state index in [0.717, 1.165) is 35.9 Å². The van der Waals surface area contributed by atoms with Crippen molar-refractivity contribution in [3.8, 4) is 0 Å². The zero-order valence-corrected chi connectivity index (χ0v) is 10.8. The van der Waals surface area contributed by atoms with Crippen LogP contribution in [0.3, 0.4) is 0 Å². The van der Waals surface area contributed by atoms with Gasteiger partial charge in [0.15, 0.2) is 0 Å². The molecule has 0 aliphatic heterocycles. The summed E-state index contributed by atoms with van der Waals surface area (Å²) in [5.41, 5.74) is 9.13. The van der Waals surface area contributed by atoms with Crippen LogP contribution < -0.4 is 10.6 Å². The van der Waals surface area contributed by atoms with Crippen molar-refractivity contribution in [2.75, 3.05) is 23.7 Å². The first-order valence-corrected chi connectivity index (χ1v) is 6.67. The number of benzene rings is 1. The van der Waals surface area contributed by atoms with Crippen LogP contribution in [0.15, 0.2) is 30.5 Å². The molecule has 1 heterocycles. The number of nitrogens with zero attached hydrogens (tertiary/aromatic N) is 2. The van der Waals surface area contributed by atoms with E-state index in [1.54, 1.807) is 6.20 Å². The summed E-state index contributed by atoms with van der Waals surface area (Å²) in [6.07, 6.45) is 4.51. The SMILES string of the molecule is CCN(CC1CC1)c1c(N)cnc2ccccc12. The van der Waals surface area contributed by atoms with Gasteiger partial charge in [-0.2, -0.15) is 0 Å². The minimum Gasteiger partial charge on any atom is -0.396 e. The molecular formula is C15H19N3. The summed E-state index contributed by atoms with van der Waals surface area (Å²) in [5, 5.41) is 1.17. The standard InChI is InChI=1S/C15H19N3/c1-2-18(10-11-7-8-11)15-12-5-3-4-6-14(12)17-9-13(15)16/h3-6,9,11H,2,7-8,10,16H2,1H3. The highest BCUT2D eigenvalue weighted by atomic mass is 15.1. The Morgan fingerprint density at radius 1 is 1.33 bits per heavy atom. The molecule has 0 spiro atoms. The van der Waals surface area contributed by atoms with Gasteiger partial charge in [-0.1, -0.05) is 18.2 Å². The summed E-state index contributed by atoms with van der Waals surface area (Å²) in [6, 6.07) is 8.23. The van der Waals surface area contributed by atoms with Crippen LogP contribution in [0.25, 0.3) is 10.9 Å². The van der Waals surface area contributed by atoms with Gasteiger partial charge >= 0.3 is 0 Å². The molecule has 1 aromatic heterocycles. The van der Waals surface area contributed by atoms with Gasteiger partial charge in [0.05, 0.1) is 23.1 Å². The highest BCUT2D eigenvalue weighted by molar-refractivity contribution is 5.97. The van der Waals surface area contributed by atoms with Gasteiger partial charge in [0, 0.05) is 18.5 Å². The summed E-state index contributed by atoms with van der Waals surface area (Å²) in [5.74, 6) is 0.858. The van der Waals surface area contributed by atoms with E-state index in [1.807, 2.05) is 12.1 Å². The molecule has 3 heteroatoms. The molecule has 94 valence electrons. The largest absolute Gasteiger partial charge is 0.396 e. The van der Waals surface area contributed by atoms with Crippen LogP contribution in [0.4, 0.5) is 11.4 Å². The Morgan fingerprint density at radius 3 is 2.83 bits per heavy atom. The minimum atomic E-state index is 0.788. The molecule has 1 aliphatic carbocycles. The monoisotopic (exact) mass is 241 g/mol. The highest BCUT2D eigenvalue weighted by Gasteiger charge is 2.25. The van der Waals surface area contributed by atoms with E-state index in [2.05, 4.69) is 28.9 Å². The fourth-order valence-corrected chi connectivity index (χ4v) is 2.49. The lowest BCUT2D eigenvalue weighted by Gasteiger charge is -2.25. The van der Waals surface area contributed by atoms with E-state index in [4.69, 9.17) is 5.73 Å². The molecule has 0 bridgehead atoms. The normalized spacial score (nSPS) is 14.9. The third-order valence-electron chi connectivity index (χ3n) is 3.65. The number of nitrogen functional groups attached to an aromatic ring is 1. The van der Waals surface area contributed by atoms with Crippen LogP contribution in [0.5, 0.6) is 0 Å². The number of para-hydroxylation sites is 1. The Morgan fingerprint density at radius 2 is 2.11 bits per heavy atom. The second kappa shape index (κ2) is 4.48. The van der Waals surface area contributed by atoms with Crippen molar-refractivity contribution in [2.24, 2.45) is 5.92 Å². The van der Waals surface area contributed by atoms with Gasteiger partial charge in [-0.05, 0) is 31.7 Å². The van der Waals surface area contributed by atoms with E-state index >= 15 is 0 Å². The Balaban J connectivity index is 2.09. The zero-order valence-electron chi connectivity index (χ0n) is 10.8. The number of nitrogens with two attached hydrogens (primary N) is 1. The van der Waals surface area contributed by atoms with Gasteiger partial charge in [0.25, 0.3) is 0 Å². The molecule has 3 nitrogen and oxygen atoms in total. The Labute approximate surface area is 108 Å².